The van der Waals surface area contributed by atoms with Gasteiger partial charge in [-0.2, -0.15) is 0 Å². The Bertz CT molecular complexity index is 361. The number of nitrogens with one attached hydrogen (secondary N) is 1. The van der Waals surface area contributed by atoms with Crippen LogP contribution in [-0.2, 0) is 21.0 Å². The van der Waals surface area contributed by atoms with Gasteiger partial charge in [0, 0.05) is 6.61 Å². The van der Waals surface area contributed by atoms with Crippen molar-refractivity contribution in [2.45, 2.75) is 38.4 Å². The van der Waals surface area contributed by atoms with E-state index in [4.69, 9.17) is 9.57 Å². The van der Waals surface area contributed by atoms with Crippen molar-refractivity contribution in [3.05, 3.63) is 35.9 Å². The number of hydrogen-bond donors (Lipinski definition) is 1. The number of ether oxygens (including phenoxy) is 1. The highest BCUT2D eigenvalue weighted by molar-refractivity contribution is 5.75. The molecule has 18 heavy (non-hydrogen) atoms. The lowest BCUT2D eigenvalue weighted by molar-refractivity contribution is -0.138. The molecule has 1 fully saturated rings. The molecule has 0 radical (unpaired) electrons. The van der Waals surface area contributed by atoms with E-state index in [0.717, 1.165) is 31.4 Å². The van der Waals surface area contributed by atoms with Crippen molar-refractivity contribution in [2.24, 2.45) is 0 Å². The van der Waals surface area contributed by atoms with Crippen LogP contribution >= 0.6 is 0 Å². The SMILES string of the molecule is O=C(CC1CCCCO1)NOCc1ccccc1. The number of carbonyl (C=O) groups is 1. The summed E-state index contributed by atoms with van der Waals surface area (Å²) >= 11 is 0. The van der Waals surface area contributed by atoms with Crippen LogP contribution in [0.25, 0.3) is 0 Å². The molecule has 0 aliphatic carbocycles. The normalized spacial score (nSPS) is 19.4. The Morgan fingerprint density at radius 2 is 2.17 bits per heavy atom. The predicted octanol–water partition coefficient (Wildman–Crippen LogP) is 2.19. The maximum absolute atomic E-state index is 11.6. The van der Waals surface area contributed by atoms with E-state index in [2.05, 4.69) is 5.48 Å². The molecule has 1 N–H and O–H groups in total. The van der Waals surface area contributed by atoms with Crippen LogP contribution in [-0.4, -0.2) is 18.6 Å². The average Bonchev–Trinajstić information content (AvgIpc) is 2.41. The number of amides is 1. The molecular weight excluding hydrogens is 230 g/mol. The molecule has 0 spiro atoms. The van der Waals surface area contributed by atoms with Gasteiger partial charge in [-0.05, 0) is 24.8 Å². The maximum atomic E-state index is 11.6. The zero-order chi connectivity index (χ0) is 12.6. The molecule has 1 aromatic rings. The minimum Gasteiger partial charge on any atom is -0.378 e. The number of carbonyl (C=O) groups excluding carboxylic acids is 1. The van der Waals surface area contributed by atoms with Crippen molar-refractivity contribution in [1.29, 1.82) is 0 Å². The van der Waals surface area contributed by atoms with E-state index in [1.807, 2.05) is 30.3 Å². The first kappa shape index (κ1) is 13.1. The second kappa shape index (κ2) is 7.13. The molecule has 4 nitrogen and oxygen atoms in total. The van der Waals surface area contributed by atoms with Gasteiger partial charge in [0.15, 0.2) is 0 Å². The van der Waals surface area contributed by atoms with Gasteiger partial charge in [0.05, 0.1) is 19.1 Å². The minimum absolute atomic E-state index is 0.0547. The van der Waals surface area contributed by atoms with Gasteiger partial charge in [0.2, 0.25) is 5.91 Å². The van der Waals surface area contributed by atoms with E-state index in [9.17, 15) is 4.79 Å². The second-order valence-corrected chi connectivity index (χ2v) is 4.49. The van der Waals surface area contributed by atoms with E-state index in [-0.39, 0.29) is 12.0 Å². The summed E-state index contributed by atoms with van der Waals surface area (Å²) in [5.74, 6) is -0.113. The van der Waals surface area contributed by atoms with Gasteiger partial charge in [0.1, 0.15) is 0 Å². The molecule has 1 aliphatic heterocycles. The van der Waals surface area contributed by atoms with Crippen LogP contribution < -0.4 is 5.48 Å². The van der Waals surface area contributed by atoms with E-state index >= 15 is 0 Å². The van der Waals surface area contributed by atoms with Crippen molar-refractivity contribution < 1.29 is 14.4 Å². The molecule has 1 saturated heterocycles. The number of benzene rings is 1. The fourth-order valence-corrected chi connectivity index (χ4v) is 1.99. The average molecular weight is 249 g/mol. The van der Waals surface area contributed by atoms with Crippen molar-refractivity contribution >= 4 is 5.91 Å². The zero-order valence-corrected chi connectivity index (χ0v) is 10.4. The fraction of sp³-hybridized carbons (Fsp3) is 0.500. The van der Waals surface area contributed by atoms with E-state index < -0.39 is 0 Å². The largest absolute Gasteiger partial charge is 0.378 e. The number of hydroxylamine groups is 1. The molecule has 2 rings (SSSR count). The standard InChI is InChI=1S/C14H19NO3/c16-14(10-13-8-4-5-9-17-13)15-18-11-12-6-2-1-3-7-12/h1-3,6-7,13H,4-5,8-11H2,(H,15,16). The highest BCUT2D eigenvalue weighted by Crippen LogP contribution is 2.15. The Labute approximate surface area is 107 Å². The second-order valence-electron chi connectivity index (χ2n) is 4.49. The Morgan fingerprint density at radius 1 is 1.33 bits per heavy atom. The van der Waals surface area contributed by atoms with Crippen molar-refractivity contribution in [1.82, 2.24) is 5.48 Å². The molecule has 4 heteroatoms. The topological polar surface area (TPSA) is 47.6 Å². The van der Waals surface area contributed by atoms with Crippen LogP contribution in [0.5, 0.6) is 0 Å². The fourth-order valence-electron chi connectivity index (χ4n) is 1.99. The highest BCUT2D eigenvalue weighted by Gasteiger charge is 2.17. The molecule has 0 bridgehead atoms. The van der Waals surface area contributed by atoms with E-state index in [1.165, 1.54) is 0 Å². The lowest BCUT2D eigenvalue weighted by atomic mass is 10.1. The minimum atomic E-state index is -0.113. The molecule has 0 aromatic heterocycles. The summed E-state index contributed by atoms with van der Waals surface area (Å²) in [6.45, 7) is 1.15. The number of rotatable bonds is 5. The van der Waals surface area contributed by atoms with Crippen molar-refractivity contribution in [3.8, 4) is 0 Å². The van der Waals surface area contributed by atoms with Gasteiger partial charge >= 0.3 is 0 Å². The van der Waals surface area contributed by atoms with Crippen LogP contribution in [0.1, 0.15) is 31.2 Å². The molecule has 1 unspecified atom stereocenters. The van der Waals surface area contributed by atoms with Gasteiger partial charge in [-0.3, -0.25) is 9.63 Å². The zero-order valence-electron chi connectivity index (χ0n) is 10.4. The first-order chi connectivity index (χ1) is 8.84. The molecule has 1 atom stereocenters. The smallest absolute Gasteiger partial charge is 0.246 e. The highest BCUT2D eigenvalue weighted by atomic mass is 16.6. The lowest BCUT2D eigenvalue weighted by Gasteiger charge is -2.21. The van der Waals surface area contributed by atoms with Crippen LogP contribution in [0.3, 0.4) is 0 Å². The monoisotopic (exact) mass is 249 g/mol. The van der Waals surface area contributed by atoms with Gasteiger partial charge in [0.25, 0.3) is 0 Å². The molecule has 0 saturated carbocycles. The first-order valence-corrected chi connectivity index (χ1v) is 6.41. The lowest BCUT2D eigenvalue weighted by Crippen LogP contribution is -2.30. The Kier molecular flexibility index (Phi) is 5.17. The first-order valence-electron chi connectivity index (χ1n) is 6.41. The molecular formula is C14H19NO3. The van der Waals surface area contributed by atoms with Crippen LogP contribution in [0.15, 0.2) is 30.3 Å². The Morgan fingerprint density at radius 3 is 2.89 bits per heavy atom. The quantitative estimate of drug-likeness (QED) is 0.814. The molecule has 98 valence electrons. The summed E-state index contributed by atoms with van der Waals surface area (Å²) in [5.41, 5.74) is 3.49. The van der Waals surface area contributed by atoms with E-state index in [1.54, 1.807) is 0 Å². The third-order valence-electron chi connectivity index (χ3n) is 2.95. The third-order valence-corrected chi connectivity index (χ3v) is 2.95. The van der Waals surface area contributed by atoms with Crippen LogP contribution in [0.4, 0.5) is 0 Å². The Hall–Kier alpha value is -1.39. The molecule has 1 amide bonds. The van der Waals surface area contributed by atoms with Crippen molar-refractivity contribution in [2.75, 3.05) is 6.61 Å². The summed E-state index contributed by atoms with van der Waals surface area (Å²) in [6, 6.07) is 9.74. The summed E-state index contributed by atoms with van der Waals surface area (Å²) in [4.78, 5) is 16.8. The maximum Gasteiger partial charge on any atom is 0.246 e. The third kappa shape index (κ3) is 4.47. The van der Waals surface area contributed by atoms with Crippen LogP contribution in [0, 0.1) is 0 Å². The molecule has 1 heterocycles. The van der Waals surface area contributed by atoms with Gasteiger partial charge in [-0.15, -0.1) is 0 Å². The van der Waals surface area contributed by atoms with Gasteiger partial charge in [-0.1, -0.05) is 30.3 Å². The van der Waals surface area contributed by atoms with Gasteiger partial charge in [-0.25, -0.2) is 5.48 Å². The van der Waals surface area contributed by atoms with E-state index in [0.29, 0.717) is 13.0 Å². The summed E-state index contributed by atoms with van der Waals surface area (Å²) in [6.07, 6.45) is 3.64. The van der Waals surface area contributed by atoms with Gasteiger partial charge < -0.3 is 4.74 Å². The summed E-state index contributed by atoms with van der Waals surface area (Å²) < 4.78 is 5.50. The molecule has 1 aliphatic rings. The number of hydrogen-bond acceptors (Lipinski definition) is 3. The van der Waals surface area contributed by atoms with Crippen LogP contribution in [0.2, 0.25) is 0 Å². The van der Waals surface area contributed by atoms with Crippen molar-refractivity contribution in [3.63, 3.8) is 0 Å². The summed E-state index contributed by atoms with van der Waals surface area (Å²) in [5, 5.41) is 0. The summed E-state index contributed by atoms with van der Waals surface area (Å²) in [7, 11) is 0. The predicted molar refractivity (Wildman–Crippen MR) is 67.6 cm³/mol. The Balaban J connectivity index is 1.62. The molecule has 1 aromatic carbocycles.